The van der Waals surface area contributed by atoms with Gasteiger partial charge in [0.05, 0.1) is 0 Å². The number of amides is 1. The van der Waals surface area contributed by atoms with Crippen LogP contribution in [-0.2, 0) is 9.59 Å². The molecule has 0 heterocycles. The van der Waals surface area contributed by atoms with E-state index in [1.54, 1.807) is 13.8 Å². The minimum Gasteiger partial charge on any atom is -0.480 e. The van der Waals surface area contributed by atoms with Crippen LogP contribution in [0.2, 0.25) is 0 Å². The number of carboxylic acid groups (broad SMARTS) is 1. The monoisotopic (exact) mass is 201 g/mol. The lowest BCUT2D eigenvalue weighted by atomic mass is 10.0. The first kappa shape index (κ1) is 12.9. The number of carboxylic acids is 1. The quantitative estimate of drug-likeness (QED) is 0.730. The molecule has 0 rings (SSSR count). The fourth-order valence-corrected chi connectivity index (χ4v) is 1.51. The Hall–Kier alpha value is -1.06. The molecule has 0 spiro atoms. The predicted molar refractivity (Wildman–Crippen MR) is 53.9 cm³/mol. The van der Waals surface area contributed by atoms with Crippen molar-refractivity contribution >= 4 is 11.9 Å². The molecule has 4 nitrogen and oxygen atoms in total. The van der Waals surface area contributed by atoms with Crippen molar-refractivity contribution in [2.45, 2.75) is 40.2 Å². The molecule has 0 saturated carbocycles. The smallest absolute Gasteiger partial charge is 0.326 e. The lowest BCUT2D eigenvalue weighted by Crippen LogP contribution is -2.47. The van der Waals surface area contributed by atoms with Crippen LogP contribution < -0.4 is 0 Å². The number of carbonyl (C=O) groups is 2. The van der Waals surface area contributed by atoms with Crippen LogP contribution in [0.15, 0.2) is 0 Å². The van der Waals surface area contributed by atoms with Crippen molar-refractivity contribution in [1.29, 1.82) is 0 Å². The molecule has 1 atom stereocenters. The van der Waals surface area contributed by atoms with Crippen molar-refractivity contribution < 1.29 is 14.7 Å². The Balaban J connectivity index is 4.76. The molecule has 14 heavy (non-hydrogen) atoms. The maximum Gasteiger partial charge on any atom is 0.326 e. The van der Waals surface area contributed by atoms with E-state index in [-0.39, 0.29) is 11.8 Å². The van der Waals surface area contributed by atoms with Crippen molar-refractivity contribution in [3.05, 3.63) is 0 Å². The van der Waals surface area contributed by atoms with Crippen LogP contribution >= 0.6 is 0 Å². The molecule has 0 radical (unpaired) electrons. The van der Waals surface area contributed by atoms with Crippen LogP contribution in [0.3, 0.4) is 0 Å². The predicted octanol–water partition coefficient (Wildman–Crippen LogP) is 1.35. The molecule has 0 saturated heterocycles. The lowest BCUT2D eigenvalue weighted by Gasteiger charge is -2.30. The Morgan fingerprint density at radius 2 is 1.79 bits per heavy atom. The summed E-state index contributed by atoms with van der Waals surface area (Å²) in [5.41, 5.74) is 0. The van der Waals surface area contributed by atoms with E-state index in [1.807, 2.05) is 13.8 Å². The molecule has 0 aliphatic rings. The Labute approximate surface area is 84.9 Å². The SMILES string of the molecule is CCC(=O)N(CC)C(C(=O)O)C(C)C. The summed E-state index contributed by atoms with van der Waals surface area (Å²) in [6.45, 7) is 7.60. The molecule has 0 aliphatic carbocycles. The number of aliphatic carboxylic acids is 1. The van der Waals surface area contributed by atoms with E-state index in [9.17, 15) is 9.59 Å². The van der Waals surface area contributed by atoms with Gasteiger partial charge in [-0.25, -0.2) is 4.79 Å². The van der Waals surface area contributed by atoms with Crippen molar-refractivity contribution in [2.24, 2.45) is 5.92 Å². The normalized spacial score (nSPS) is 12.6. The van der Waals surface area contributed by atoms with E-state index < -0.39 is 12.0 Å². The van der Waals surface area contributed by atoms with E-state index in [0.717, 1.165) is 0 Å². The van der Waals surface area contributed by atoms with Crippen molar-refractivity contribution in [3.63, 3.8) is 0 Å². The van der Waals surface area contributed by atoms with E-state index in [2.05, 4.69) is 0 Å². The largest absolute Gasteiger partial charge is 0.480 e. The summed E-state index contributed by atoms with van der Waals surface area (Å²) in [5.74, 6) is -1.10. The average Bonchev–Trinajstić information content (AvgIpc) is 2.11. The third-order valence-corrected chi connectivity index (χ3v) is 2.18. The van der Waals surface area contributed by atoms with E-state index >= 15 is 0 Å². The molecule has 0 bridgehead atoms. The Morgan fingerprint density at radius 1 is 1.29 bits per heavy atom. The van der Waals surface area contributed by atoms with Gasteiger partial charge in [0.15, 0.2) is 0 Å². The van der Waals surface area contributed by atoms with Gasteiger partial charge in [0.1, 0.15) is 6.04 Å². The topological polar surface area (TPSA) is 57.6 Å². The van der Waals surface area contributed by atoms with Gasteiger partial charge in [-0.05, 0) is 12.8 Å². The summed E-state index contributed by atoms with van der Waals surface area (Å²) in [7, 11) is 0. The first-order valence-corrected chi connectivity index (χ1v) is 4.97. The Morgan fingerprint density at radius 3 is 2.00 bits per heavy atom. The standard InChI is InChI=1S/C10H19NO3/c1-5-8(12)11(6-2)9(7(3)4)10(13)14/h7,9H,5-6H2,1-4H3,(H,13,14). The molecule has 0 aromatic rings. The highest BCUT2D eigenvalue weighted by atomic mass is 16.4. The minimum absolute atomic E-state index is 0.0667. The molecule has 0 fully saturated rings. The van der Waals surface area contributed by atoms with Gasteiger partial charge in [0.25, 0.3) is 0 Å². The first-order chi connectivity index (χ1) is 6.45. The van der Waals surface area contributed by atoms with Crippen molar-refractivity contribution in [3.8, 4) is 0 Å². The maximum atomic E-state index is 11.5. The highest BCUT2D eigenvalue weighted by Crippen LogP contribution is 2.12. The maximum absolute atomic E-state index is 11.5. The van der Waals surface area contributed by atoms with Crippen LogP contribution in [0, 0.1) is 5.92 Å². The fraction of sp³-hybridized carbons (Fsp3) is 0.800. The number of hydrogen-bond acceptors (Lipinski definition) is 2. The zero-order chi connectivity index (χ0) is 11.3. The second kappa shape index (κ2) is 5.62. The number of likely N-dealkylation sites (N-methyl/N-ethyl adjacent to an activating group) is 1. The molecule has 1 unspecified atom stereocenters. The summed E-state index contributed by atoms with van der Waals surface area (Å²) < 4.78 is 0. The summed E-state index contributed by atoms with van der Waals surface area (Å²) in [4.78, 5) is 23.8. The van der Waals surface area contributed by atoms with Crippen LogP contribution in [0.4, 0.5) is 0 Å². The Bertz CT molecular complexity index is 213. The van der Waals surface area contributed by atoms with Gasteiger partial charge in [0, 0.05) is 13.0 Å². The van der Waals surface area contributed by atoms with Crippen LogP contribution in [0.1, 0.15) is 34.1 Å². The minimum atomic E-state index is -0.927. The third-order valence-electron chi connectivity index (χ3n) is 2.18. The molecule has 0 aliphatic heterocycles. The zero-order valence-electron chi connectivity index (χ0n) is 9.28. The van der Waals surface area contributed by atoms with Crippen LogP contribution in [-0.4, -0.2) is 34.5 Å². The molecular formula is C10H19NO3. The average molecular weight is 201 g/mol. The summed E-state index contributed by atoms with van der Waals surface area (Å²) in [5, 5.41) is 9.00. The van der Waals surface area contributed by atoms with Crippen molar-refractivity contribution in [2.75, 3.05) is 6.54 Å². The van der Waals surface area contributed by atoms with E-state index in [0.29, 0.717) is 13.0 Å². The summed E-state index contributed by atoms with van der Waals surface area (Å²) in [6.07, 6.45) is 0.352. The van der Waals surface area contributed by atoms with E-state index in [1.165, 1.54) is 4.90 Å². The summed E-state index contributed by atoms with van der Waals surface area (Å²) >= 11 is 0. The number of carbonyl (C=O) groups excluding carboxylic acids is 1. The molecule has 0 aromatic carbocycles. The highest BCUT2D eigenvalue weighted by molar-refractivity contribution is 5.83. The highest BCUT2D eigenvalue weighted by Gasteiger charge is 2.30. The third kappa shape index (κ3) is 3.01. The van der Waals surface area contributed by atoms with Crippen LogP contribution in [0.25, 0.3) is 0 Å². The second-order valence-corrected chi connectivity index (χ2v) is 3.56. The number of hydrogen-bond donors (Lipinski definition) is 1. The van der Waals surface area contributed by atoms with Gasteiger partial charge >= 0.3 is 5.97 Å². The first-order valence-electron chi connectivity index (χ1n) is 4.97. The van der Waals surface area contributed by atoms with Gasteiger partial charge in [-0.15, -0.1) is 0 Å². The molecular weight excluding hydrogens is 182 g/mol. The molecule has 82 valence electrons. The molecule has 1 N–H and O–H groups in total. The molecule has 0 aromatic heterocycles. The number of nitrogens with zero attached hydrogens (tertiary/aromatic N) is 1. The molecule has 4 heteroatoms. The van der Waals surface area contributed by atoms with Gasteiger partial charge in [-0.3, -0.25) is 4.79 Å². The Kier molecular flexibility index (Phi) is 5.20. The van der Waals surface area contributed by atoms with Gasteiger partial charge in [-0.2, -0.15) is 0 Å². The molecule has 1 amide bonds. The van der Waals surface area contributed by atoms with Crippen molar-refractivity contribution in [1.82, 2.24) is 4.90 Å². The van der Waals surface area contributed by atoms with Crippen LogP contribution in [0.5, 0.6) is 0 Å². The fourth-order valence-electron chi connectivity index (χ4n) is 1.51. The van der Waals surface area contributed by atoms with Gasteiger partial charge < -0.3 is 10.0 Å². The van der Waals surface area contributed by atoms with Gasteiger partial charge in [0.2, 0.25) is 5.91 Å². The van der Waals surface area contributed by atoms with Gasteiger partial charge in [-0.1, -0.05) is 20.8 Å². The second-order valence-electron chi connectivity index (χ2n) is 3.56. The number of rotatable bonds is 5. The summed E-state index contributed by atoms with van der Waals surface area (Å²) in [6, 6.07) is -0.701. The lowest BCUT2D eigenvalue weighted by molar-refractivity contribution is -0.152. The zero-order valence-corrected chi connectivity index (χ0v) is 9.28. The van der Waals surface area contributed by atoms with E-state index in [4.69, 9.17) is 5.11 Å².